The summed E-state index contributed by atoms with van der Waals surface area (Å²) in [7, 11) is 0. The molecule has 1 aliphatic heterocycles. The van der Waals surface area contributed by atoms with Crippen molar-refractivity contribution in [1.82, 2.24) is 19.5 Å². The number of benzene rings is 1. The van der Waals surface area contributed by atoms with Crippen LogP contribution in [0.3, 0.4) is 0 Å². The van der Waals surface area contributed by atoms with Gasteiger partial charge in [-0.05, 0) is 56.6 Å². The zero-order chi connectivity index (χ0) is 24.0. The van der Waals surface area contributed by atoms with Crippen LogP contribution in [0.2, 0.25) is 0 Å². The Morgan fingerprint density at radius 3 is 2.48 bits per heavy atom. The molecule has 2 aromatic heterocycles. The minimum Gasteiger partial charge on any atom is -0.350 e. The Labute approximate surface area is 186 Å². The van der Waals surface area contributed by atoms with Crippen LogP contribution < -0.4 is 5.32 Å². The number of rotatable bonds is 4. The fourth-order valence-electron chi connectivity index (χ4n) is 4.25. The summed E-state index contributed by atoms with van der Waals surface area (Å²) in [5, 5.41) is 11.5. The first-order valence-corrected chi connectivity index (χ1v) is 10.6. The van der Waals surface area contributed by atoms with Crippen LogP contribution in [0.1, 0.15) is 36.5 Å². The molecule has 5 nitrogen and oxygen atoms in total. The highest BCUT2D eigenvalue weighted by atomic mass is 19.4. The number of likely N-dealkylation sites (N-methyl/N-ethyl adjacent to an activating group) is 1. The number of aryl methyl sites for hydroxylation is 1. The van der Waals surface area contributed by atoms with E-state index < -0.39 is 29.0 Å². The molecule has 3 heterocycles. The van der Waals surface area contributed by atoms with E-state index in [9.17, 15) is 26.3 Å². The summed E-state index contributed by atoms with van der Waals surface area (Å²) in [6, 6.07) is 3.31. The molecule has 4 rings (SSSR count). The molecular formula is C22H23F6N5. The summed E-state index contributed by atoms with van der Waals surface area (Å²) in [4.78, 5) is 2.29. The van der Waals surface area contributed by atoms with Crippen LogP contribution in [-0.2, 0) is 12.4 Å². The molecule has 1 N–H and O–H groups in total. The van der Waals surface area contributed by atoms with Gasteiger partial charge in [-0.25, -0.2) is 0 Å². The maximum Gasteiger partial charge on any atom is 0.417 e. The molecule has 1 unspecified atom stereocenters. The van der Waals surface area contributed by atoms with Crippen molar-refractivity contribution < 1.29 is 26.3 Å². The first-order valence-electron chi connectivity index (χ1n) is 10.6. The number of alkyl halides is 6. The Kier molecular flexibility index (Phi) is 6.02. The number of fused-ring (bicyclic) bond motifs is 1. The van der Waals surface area contributed by atoms with Crippen molar-refractivity contribution in [2.24, 2.45) is 0 Å². The Balaban J connectivity index is 1.80. The molecule has 0 amide bonds. The van der Waals surface area contributed by atoms with Crippen molar-refractivity contribution in [3.8, 4) is 11.3 Å². The maximum atomic E-state index is 13.7. The van der Waals surface area contributed by atoms with Crippen LogP contribution in [0.25, 0.3) is 16.8 Å². The molecule has 1 atom stereocenters. The van der Waals surface area contributed by atoms with Crippen LogP contribution in [0, 0.1) is 6.92 Å². The summed E-state index contributed by atoms with van der Waals surface area (Å²) in [5.74, 6) is 0.380. The predicted octanol–water partition coefficient (Wildman–Crippen LogP) is 5.64. The Morgan fingerprint density at radius 1 is 1.06 bits per heavy atom. The van der Waals surface area contributed by atoms with Gasteiger partial charge in [-0.15, -0.1) is 10.2 Å². The van der Waals surface area contributed by atoms with E-state index in [4.69, 9.17) is 0 Å². The lowest BCUT2D eigenvalue weighted by atomic mass is 10.00. The second kappa shape index (κ2) is 8.51. The molecule has 0 saturated carbocycles. The molecule has 1 aliphatic rings. The van der Waals surface area contributed by atoms with Gasteiger partial charge < -0.3 is 10.2 Å². The number of likely N-dealkylation sites (tertiary alicyclic amines) is 1. The Hall–Kier alpha value is -2.82. The first kappa shape index (κ1) is 23.3. The lowest BCUT2D eigenvalue weighted by molar-refractivity contribution is -0.142. The average Bonchev–Trinajstić information content (AvgIpc) is 3.14. The molecule has 0 spiro atoms. The minimum absolute atomic E-state index is 0.0987. The van der Waals surface area contributed by atoms with Gasteiger partial charge in [-0.2, -0.15) is 26.3 Å². The lowest BCUT2D eigenvalue weighted by Gasteiger charge is -2.32. The molecule has 1 aromatic carbocycles. The topological polar surface area (TPSA) is 45.5 Å². The van der Waals surface area contributed by atoms with E-state index in [1.807, 2.05) is 0 Å². The van der Waals surface area contributed by atoms with E-state index in [0.29, 0.717) is 17.5 Å². The highest BCUT2D eigenvalue weighted by Gasteiger charge is 2.39. The molecule has 11 heteroatoms. The number of aromatic nitrogens is 3. The highest BCUT2D eigenvalue weighted by molar-refractivity contribution is 5.81. The maximum absolute atomic E-state index is 13.7. The summed E-state index contributed by atoms with van der Waals surface area (Å²) in [6.07, 6.45) is -6.26. The summed E-state index contributed by atoms with van der Waals surface area (Å²) < 4.78 is 82.0. The number of hydrogen-bond donors (Lipinski definition) is 1. The third kappa shape index (κ3) is 4.78. The van der Waals surface area contributed by atoms with Gasteiger partial charge in [-0.1, -0.05) is 13.0 Å². The van der Waals surface area contributed by atoms with E-state index in [-0.39, 0.29) is 17.8 Å². The Bertz CT molecular complexity index is 1150. The minimum atomic E-state index is -5.00. The zero-order valence-corrected chi connectivity index (χ0v) is 18.1. The molecular weight excluding hydrogens is 448 g/mol. The van der Waals surface area contributed by atoms with Crippen LogP contribution in [-0.4, -0.2) is 45.2 Å². The molecule has 3 aromatic rings. The van der Waals surface area contributed by atoms with Crippen molar-refractivity contribution in [2.75, 3.05) is 25.0 Å². The van der Waals surface area contributed by atoms with Crippen molar-refractivity contribution in [1.29, 1.82) is 0 Å². The van der Waals surface area contributed by atoms with Crippen LogP contribution in [0.5, 0.6) is 0 Å². The van der Waals surface area contributed by atoms with Gasteiger partial charge in [-0.3, -0.25) is 4.40 Å². The zero-order valence-electron chi connectivity index (χ0n) is 18.1. The van der Waals surface area contributed by atoms with E-state index in [2.05, 4.69) is 27.3 Å². The number of nitrogens with zero attached hydrogens (tertiary/aromatic N) is 4. The molecule has 0 aliphatic carbocycles. The Morgan fingerprint density at radius 2 is 1.82 bits per heavy atom. The standard InChI is InChI=1S/C22H23F6N5/c1-3-32-8-4-5-15(12-32)29-20-31-30-19(18-9-13(2)11-33(18)20)16-7-6-14(21(23,24)25)10-17(16)22(26,27)28/h6-7,9-11,15H,3-5,8,12H2,1-2H3,(H,29,31). The van der Waals surface area contributed by atoms with E-state index in [0.717, 1.165) is 44.1 Å². The number of piperidine rings is 1. The summed E-state index contributed by atoms with van der Waals surface area (Å²) in [5.41, 5.74) is -2.27. The highest BCUT2D eigenvalue weighted by Crippen LogP contribution is 2.41. The van der Waals surface area contributed by atoms with E-state index >= 15 is 0 Å². The second-order valence-electron chi connectivity index (χ2n) is 8.28. The third-order valence-electron chi connectivity index (χ3n) is 5.87. The first-order chi connectivity index (χ1) is 15.5. The molecule has 0 radical (unpaired) electrons. The molecule has 1 saturated heterocycles. The van der Waals surface area contributed by atoms with Gasteiger partial charge in [0.05, 0.1) is 16.6 Å². The van der Waals surface area contributed by atoms with Gasteiger partial charge in [0.25, 0.3) is 0 Å². The van der Waals surface area contributed by atoms with Crippen molar-refractivity contribution in [2.45, 2.75) is 45.1 Å². The molecule has 33 heavy (non-hydrogen) atoms. The number of anilines is 1. The predicted molar refractivity (Wildman–Crippen MR) is 112 cm³/mol. The summed E-state index contributed by atoms with van der Waals surface area (Å²) in [6.45, 7) is 6.57. The van der Waals surface area contributed by atoms with Gasteiger partial charge in [0.15, 0.2) is 0 Å². The van der Waals surface area contributed by atoms with Crippen molar-refractivity contribution in [3.63, 3.8) is 0 Å². The smallest absolute Gasteiger partial charge is 0.350 e. The molecule has 178 valence electrons. The third-order valence-corrected chi connectivity index (χ3v) is 5.87. The SMILES string of the molecule is CCN1CCCC(Nc2nnc(-c3ccc(C(F)(F)F)cc3C(F)(F)F)c3cc(C)cn23)C1. The number of halogens is 6. The van der Waals surface area contributed by atoms with Crippen LogP contribution >= 0.6 is 0 Å². The number of nitrogens with one attached hydrogen (secondary N) is 1. The van der Waals surface area contributed by atoms with Gasteiger partial charge >= 0.3 is 12.4 Å². The van der Waals surface area contributed by atoms with Gasteiger partial charge in [0.1, 0.15) is 5.69 Å². The lowest BCUT2D eigenvalue weighted by Crippen LogP contribution is -2.42. The summed E-state index contributed by atoms with van der Waals surface area (Å²) >= 11 is 0. The fourth-order valence-corrected chi connectivity index (χ4v) is 4.25. The number of hydrogen-bond acceptors (Lipinski definition) is 4. The van der Waals surface area contributed by atoms with Gasteiger partial charge in [0, 0.05) is 24.3 Å². The normalized spacial score (nSPS) is 18.1. The van der Waals surface area contributed by atoms with Crippen LogP contribution in [0.4, 0.5) is 32.3 Å². The average molecular weight is 471 g/mol. The largest absolute Gasteiger partial charge is 0.417 e. The quantitative estimate of drug-likeness (QED) is 0.501. The van der Waals surface area contributed by atoms with Gasteiger partial charge in [0.2, 0.25) is 5.95 Å². The van der Waals surface area contributed by atoms with Crippen molar-refractivity contribution >= 4 is 11.5 Å². The molecule has 0 bridgehead atoms. The van der Waals surface area contributed by atoms with Crippen molar-refractivity contribution in [3.05, 3.63) is 47.2 Å². The second-order valence-corrected chi connectivity index (χ2v) is 8.28. The molecule has 1 fully saturated rings. The fraction of sp³-hybridized carbons (Fsp3) is 0.455. The monoisotopic (exact) mass is 471 g/mol. The van der Waals surface area contributed by atoms with Crippen LogP contribution in [0.15, 0.2) is 30.5 Å². The van der Waals surface area contributed by atoms with E-state index in [1.165, 1.54) is 0 Å². The van der Waals surface area contributed by atoms with E-state index in [1.54, 1.807) is 23.6 Å².